The minimum absolute atomic E-state index is 0.114. The molecule has 174 valence electrons. The van der Waals surface area contributed by atoms with E-state index < -0.39 is 5.97 Å². The summed E-state index contributed by atoms with van der Waals surface area (Å²) >= 11 is 2.86. The standard InChI is InChI=1S/C24H23N5O3S2/c1-25-11-9-19-20(22(31)32)27-24(34-19)29-12-10-14-5-4-6-15(16(14)13-29)21(30)28-23-26-17-7-2-3-8-18(17)33-23/h2-8,25H,9-13H2,1H3,(H,31,32)(H,26,28,30). The summed E-state index contributed by atoms with van der Waals surface area (Å²) in [4.78, 5) is 36.7. The summed E-state index contributed by atoms with van der Waals surface area (Å²) in [7, 11) is 1.84. The third kappa shape index (κ3) is 4.39. The van der Waals surface area contributed by atoms with E-state index in [-0.39, 0.29) is 11.6 Å². The van der Waals surface area contributed by atoms with Crippen molar-refractivity contribution in [2.24, 2.45) is 0 Å². The molecule has 0 atom stereocenters. The molecule has 0 aliphatic carbocycles. The average molecular weight is 494 g/mol. The van der Waals surface area contributed by atoms with Crippen LogP contribution < -0.4 is 15.5 Å². The Morgan fingerprint density at radius 3 is 2.76 bits per heavy atom. The molecule has 34 heavy (non-hydrogen) atoms. The third-order valence-electron chi connectivity index (χ3n) is 5.79. The summed E-state index contributed by atoms with van der Waals surface area (Å²) in [5.41, 5.74) is 3.64. The number of aromatic carboxylic acids is 1. The van der Waals surface area contributed by atoms with Gasteiger partial charge in [-0.05, 0) is 55.8 Å². The van der Waals surface area contributed by atoms with E-state index in [1.807, 2.05) is 49.5 Å². The number of hydrogen-bond acceptors (Lipinski definition) is 8. The highest BCUT2D eigenvalue weighted by atomic mass is 32.1. The summed E-state index contributed by atoms with van der Waals surface area (Å²) in [6.07, 6.45) is 1.36. The van der Waals surface area contributed by atoms with Crippen LogP contribution in [0.15, 0.2) is 42.5 Å². The molecule has 2 aromatic heterocycles. The molecular weight excluding hydrogens is 470 g/mol. The van der Waals surface area contributed by atoms with Gasteiger partial charge in [-0.3, -0.25) is 10.1 Å². The fraction of sp³-hybridized carbons (Fsp3) is 0.250. The number of nitrogens with zero attached hydrogens (tertiary/aromatic N) is 3. The van der Waals surface area contributed by atoms with Gasteiger partial charge in [0.15, 0.2) is 16.0 Å². The molecule has 0 saturated heterocycles. The second-order valence-corrected chi connectivity index (χ2v) is 10.1. The topological polar surface area (TPSA) is 107 Å². The molecule has 0 unspecified atom stereocenters. The largest absolute Gasteiger partial charge is 0.476 e. The van der Waals surface area contributed by atoms with Gasteiger partial charge in [-0.2, -0.15) is 0 Å². The van der Waals surface area contributed by atoms with Crippen molar-refractivity contribution in [2.45, 2.75) is 19.4 Å². The van der Waals surface area contributed by atoms with Crippen LogP contribution in [0.1, 0.15) is 36.9 Å². The molecule has 1 aliphatic heterocycles. The molecule has 0 fully saturated rings. The average Bonchev–Trinajstić information content (AvgIpc) is 3.45. The Labute approximate surface area is 204 Å². The summed E-state index contributed by atoms with van der Waals surface area (Å²) in [5.74, 6) is -1.21. The van der Waals surface area contributed by atoms with Crippen LogP contribution in [0.25, 0.3) is 10.2 Å². The molecule has 1 aliphatic rings. The number of benzene rings is 2. The Kier molecular flexibility index (Phi) is 6.27. The molecule has 0 spiro atoms. The van der Waals surface area contributed by atoms with Crippen LogP contribution >= 0.6 is 22.7 Å². The first-order valence-corrected chi connectivity index (χ1v) is 12.6. The number of fused-ring (bicyclic) bond motifs is 2. The number of carbonyl (C=O) groups excluding carboxylic acids is 1. The number of nitrogens with one attached hydrogen (secondary N) is 2. The zero-order valence-electron chi connectivity index (χ0n) is 18.5. The van der Waals surface area contributed by atoms with Crippen LogP contribution in [-0.4, -0.2) is 47.1 Å². The van der Waals surface area contributed by atoms with Gasteiger partial charge in [0.05, 0.1) is 10.2 Å². The van der Waals surface area contributed by atoms with Crippen LogP contribution in [0, 0.1) is 0 Å². The number of amides is 1. The van der Waals surface area contributed by atoms with Crippen molar-refractivity contribution in [3.8, 4) is 0 Å². The molecule has 10 heteroatoms. The maximum absolute atomic E-state index is 13.2. The highest BCUT2D eigenvalue weighted by Gasteiger charge is 2.26. The Hall–Kier alpha value is -3.34. The van der Waals surface area contributed by atoms with Gasteiger partial charge < -0.3 is 15.3 Å². The van der Waals surface area contributed by atoms with Crippen LogP contribution in [0.5, 0.6) is 0 Å². The Morgan fingerprint density at radius 1 is 1.12 bits per heavy atom. The number of carboxylic acids is 1. The number of thiazole rings is 2. The lowest BCUT2D eigenvalue weighted by atomic mass is 9.94. The molecule has 0 saturated carbocycles. The van der Waals surface area contributed by atoms with Gasteiger partial charge in [0.25, 0.3) is 5.91 Å². The minimum atomic E-state index is -1.01. The van der Waals surface area contributed by atoms with Gasteiger partial charge in [0.2, 0.25) is 0 Å². The van der Waals surface area contributed by atoms with Crippen LogP contribution in [0.3, 0.4) is 0 Å². The summed E-state index contributed by atoms with van der Waals surface area (Å²) < 4.78 is 1.02. The highest BCUT2D eigenvalue weighted by molar-refractivity contribution is 7.22. The number of carboxylic acid groups (broad SMARTS) is 1. The van der Waals surface area contributed by atoms with Gasteiger partial charge in [-0.25, -0.2) is 14.8 Å². The number of para-hydroxylation sites is 1. The molecule has 1 amide bonds. The lowest BCUT2D eigenvalue weighted by molar-refractivity contribution is 0.0690. The molecule has 4 aromatic rings. The van der Waals surface area contributed by atoms with Crippen molar-refractivity contribution in [1.29, 1.82) is 0 Å². The molecule has 0 bridgehead atoms. The normalized spacial score (nSPS) is 13.1. The summed E-state index contributed by atoms with van der Waals surface area (Å²) in [6.45, 7) is 1.89. The van der Waals surface area contributed by atoms with E-state index >= 15 is 0 Å². The van der Waals surface area contributed by atoms with Crippen LogP contribution in [-0.2, 0) is 19.4 Å². The number of anilines is 2. The second kappa shape index (κ2) is 9.49. The van der Waals surface area contributed by atoms with Crippen molar-refractivity contribution in [3.05, 3.63) is 69.7 Å². The van der Waals surface area contributed by atoms with E-state index in [4.69, 9.17) is 0 Å². The van der Waals surface area contributed by atoms with E-state index in [1.54, 1.807) is 0 Å². The highest BCUT2D eigenvalue weighted by Crippen LogP contribution is 2.33. The Morgan fingerprint density at radius 2 is 1.97 bits per heavy atom. The number of carbonyl (C=O) groups is 2. The predicted octanol–water partition coefficient (Wildman–Crippen LogP) is 4.03. The number of hydrogen-bond donors (Lipinski definition) is 3. The first-order valence-electron chi connectivity index (χ1n) is 10.9. The van der Waals surface area contributed by atoms with Crippen LogP contribution in [0.4, 0.5) is 10.3 Å². The van der Waals surface area contributed by atoms with E-state index in [1.165, 1.54) is 22.7 Å². The third-order valence-corrected chi connectivity index (χ3v) is 7.92. The molecule has 8 nitrogen and oxygen atoms in total. The number of rotatable bonds is 7. The van der Waals surface area contributed by atoms with E-state index in [0.29, 0.717) is 41.9 Å². The smallest absolute Gasteiger partial charge is 0.355 e. The monoisotopic (exact) mass is 493 g/mol. The summed E-state index contributed by atoms with van der Waals surface area (Å²) in [5, 5.41) is 16.8. The maximum Gasteiger partial charge on any atom is 0.355 e. The van der Waals surface area contributed by atoms with Crippen molar-refractivity contribution in [1.82, 2.24) is 15.3 Å². The molecule has 3 N–H and O–H groups in total. The minimum Gasteiger partial charge on any atom is -0.476 e. The lowest BCUT2D eigenvalue weighted by Crippen LogP contribution is -2.32. The molecular formula is C24H23N5O3S2. The molecule has 0 radical (unpaired) electrons. The van der Waals surface area contributed by atoms with Crippen LogP contribution in [0.2, 0.25) is 0 Å². The van der Waals surface area contributed by atoms with Crippen molar-refractivity contribution >= 4 is 55.0 Å². The Balaban J connectivity index is 1.40. The number of aromatic nitrogens is 2. The zero-order chi connectivity index (χ0) is 23.7. The SMILES string of the molecule is CNCCc1sc(N2CCc3cccc(C(=O)Nc4nc5ccccc5s4)c3C2)nc1C(=O)O. The molecule has 3 heterocycles. The van der Waals surface area contributed by atoms with Gasteiger partial charge in [-0.15, -0.1) is 11.3 Å². The quantitative estimate of drug-likeness (QED) is 0.357. The molecule has 5 rings (SSSR count). The van der Waals surface area contributed by atoms with Gasteiger partial charge in [0, 0.05) is 23.5 Å². The summed E-state index contributed by atoms with van der Waals surface area (Å²) in [6, 6.07) is 13.6. The van der Waals surface area contributed by atoms with Gasteiger partial charge >= 0.3 is 5.97 Å². The van der Waals surface area contributed by atoms with Crippen molar-refractivity contribution in [3.63, 3.8) is 0 Å². The predicted molar refractivity (Wildman–Crippen MR) is 135 cm³/mol. The van der Waals surface area contributed by atoms with Crippen molar-refractivity contribution in [2.75, 3.05) is 30.4 Å². The van der Waals surface area contributed by atoms with Gasteiger partial charge in [-0.1, -0.05) is 35.6 Å². The fourth-order valence-corrected chi connectivity index (χ4v) is 6.03. The van der Waals surface area contributed by atoms with Crippen molar-refractivity contribution < 1.29 is 14.7 Å². The maximum atomic E-state index is 13.2. The zero-order valence-corrected chi connectivity index (χ0v) is 20.1. The lowest BCUT2D eigenvalue weighted by Gasteiger charge is -2.29. The first kappa shape index (κ1) is 22.5. The van der Waals surface area contributed by atoms with E-state index in [2.05, 4.69) is 25.5 Å². The number of likely N-dealkylation sites (N-methyl/N-ethyl adjacent to an activating group) is 1. The second-order valence-electron chi connectivity index (χ2n) is 7.98. The van der Waals surface area contributed by atoms with Gasteiger partial charge in [0.1, 0.15) is 0 Å². The first-order chi connectivity index (χ1) is 16.5. The molecule has 2 aromatic carbocycles. The van der Waals surface area contributed by atoms with E-state index in [9.17, 15) is 14.7 Å². The van der Waals surface area contributed by atoms with E-state index in [0.717, 1.165) is 32.6 Å². The fourth-order valence-electron chi connectivity index (χ4n) is 4.10. The Bertz CT molecular complexity index is 1350.